The first kappa shape index (κ1) is 19.6. The highest BCUT2D eigenvalue weighted by Crippen LogP contribution is 2.48. The first-order valence-corrected chi connectivity index (χ1v) is 11.4. The zero-order chi connectivity index (χ0) is 20.7. The molecule has 4 heteroatoms. The number of piperidine rings is 1. The summed E-state index contributed by atoms with van der Waals surface area (Å²) in [7, 11) is 1.76. The number of ether oxygens (including phenoxy) is 1. The number of nitrogens with zero attached hydrogens (tertiary/aromatic N) is 1. The minimum absolute atomic E-state index is 0.390. The number of hydrogen-bond acceptors (Lipinski definition) is 3. The molecule has 3 atom stereocenters. The molecule has 0 radical (unpaired) electrons. The molecule has 2 aromatic rings. The zero-order valence-electron chi connectivity index (χ0n) is 17.8. The van der Waals surface area contributed by atoms with E-state index in [9.17, 15) is 4.79 Å². The molecule has 4 nitrogen and oxygen atoms in total. The second-order valence-corrected chi connectivity index (χ2v) is 9.45. The van der Waals surface area contributed by atoms with Crippen LogP contribution in [-0.2, 0) is 0 Å². The topological polar surface area (TPSA) is 55.6 Å². The first-order valence-electron chi connectivity index (χ1n) is 11.4. The van der Waals surface area contributed by atoms with Gasteiger partial charge in [-0.1, -0.05) is 24.6 Å². The largest absolute Gasteiger partial charge is 0.496 e. The molecule has 0 aromatic heterocycles. The highest BCUT2D eigenvalue weighted by atomic mass is 16.5. The molecule has 3 fully saturated rings. The summed E-state index contributed by atoms with van der Waals surface area (Å²) in [6.07, 6.45) is 8.22. The molecule has 1 saturated heterocycles. The number of rotatable bonds is 5. The number of amides is 1. The second kappa shape index (κ2) is 8.07. The van der Waals surface area contributed by atoms with E-state index in [0.717, 1.165) is 34.8 Å². The fraction of sp³-hybridized carbons (Fsp3) is 0.500. The van der Waals surface area contributed by atoms with Crippen LogP contribution in [0.15, 0.2) is 42.5 Å². The van der Waals surface area contributed by atoms with E-state index in [4.69, 9.17) is 10.5 Å². The predicted molar refractivity (Wildman–Crippen MR) is 120 cm³/mol. The Morgan fingerprint density at radius 3 is 2.47 bits per heavy atom. The number of likely N-dealkylation sites (tertiary alicyclic amines) is 1. The average Bonchev–Trinajstić information content (AvgIpc) is 3.43. The van der Waals surface area contributed by atoms with Crippen molar-refractivity contribution >= 4 is 5.91 Å². The molecule has 0 spiro atoms. The number of carbonyl (C=O) groups excluding carboxylic acids is 1. The van der Waals surface area contributed by atoms with Crippen molar-refractivity contribution in [2.24, 2.45) is 17.6 Å². The molecule has 2 bridgehead atoms. The molecule has 30 heavy (non-hydrogen) atoms. The Bertz CT molecular complexity index is 932. The summed E-state index contributed by atoms with van der Waals surface area (Å²) in [5.74, 6) is 3.07. The molecule has 158 valence electrons. The van der Waals surface area contributed by atoms with Gasteiger partial charge in [0, 0.05) is 11.6 Å². The van der Waals surface area contributed by atoms with Crippen LogP contribution in [0, 0.1) is 11.8 Å². The minimum Gasteiger partial charge on any atom is -0.496 e. The Balaban J connectivity index is 1.35. The van der Waals surface area contributed by atoms with Crippen LogP contribution < -0.4 is 10.5 Å². The van der Waals surface area contributed by atoms with Crippen molar-refractivity contribution < 1.29 is 9.53 Å². The lowest BCUT2D eigenvalue weighted by Gasteiger charge is -2.40. The predicted octanol–water partition coefficient (Wildman–Crippen LogP) is 4.83. The van der Waals surface area contributed by atoms with Gasteiger partial charge in [0.05, 0.1) is 7.11 Å². The average molecular weight is 405 g/mol. The summed E-state index contributed by atoms with van der Waals surface area (Å²) in [5, 5.41) is 0. The van der Waals surface area contributed by atoms with Crippen molar-refractivity contribution in [3.05, 3.63) is 53.6 Å². The van der Waals surface area contributed by atoms with Gasteiger partial charge in [0.1, 0.15) is 5.75 Å². The third-order valence-corrected chi connectivity index (χ3v) is 7.85. The van der Waals surface area contributed by atoms with E-state index in [-0.39, 0.29) is 0 Å². The Morgan fingerprint density at radius 2 is 1.80 bits per heavy atom. The van der Waals surface area contributed by atoms with Crippen LogP contribution in [0.3, 0.4) is 0 Å². The third-order valence-electron chi connectivity index (χ3n) is 7.85. The lowest BCUT2D eigenvalue weighted by molar-refractivity contribution is 0.100. The smallest absolute Gasteiger partial charge is 0.248 e. The number of methoxy groups -OCH3 is 1. The zero-order valence-corrected chi connectivity index (χ0v) is 17.8. The first-order chi connectivity index (χ1) is 14.6. The SMILES string of the molecule is COc1ccc(-c2cccc(C(N)=O)c2)cc1C1CCN([C@@H]2C[C@H]3CC[C@H]2C3)CC1. The van der Waals surface area contributed by atoms with Gasteiger partial charge in [0.15, 0.2) is 0 Å². The van der Waals surface area contributed by atoms with Gasteiger partial charge in [-0.2, -0.15) is 0 Å². The maximum absolute atomic E-state index is 11.6. The molecule has 5 rings (SSSR count). The van der Waals surface area contributed by atoms with Crippen LogP contribution in [0.5, 0.6) is 5.75 Å². The molecular weight excluding hydrogens is 372 g/mol. The van der Waals surface area contributed by atoms with Gasteiger partial charge in [-0.15, -0.1) is 0 Å². The minimum atomic E-state index is -0.390. The summed E-state index contributed by atoms with van der Waals surface area (Å²) >= 11 is 0. The van der Waals surface area contributed by atoms with E-state index in [2.05, 4.69) is 23.1 Å². The highest BCUT2D eigenvalue weighted by molar-refractivity contribution is 5.94. The summed E-state index contributed by atoms with van der Waals surface area (Å²) in [6, 6.07) is 14.8. The van der Waals surface area contributed by atoms with E-state index >= 15 is 0 Å². The van der Waals surface area contributed by atoms with Crippen LogP contribution in [-0.4, -0.2) is 37.0 Å². The van der Waals surface area contributed by atoms with Gasteiger partial charge in [-0.3, -0.25) is 4.79 Å². The number of carbonyl (C=O) groups is 1. The maximum atomic E-state index is 11.6. The van der Waals surface area contributed by atoms with Crippen molar-refractivity contribution in [3.63, 3.8) is 0 Å². The van der Waals surface area contributed by atoms with E-state index < -0.39 is 5.91 Å². The lowest BCUT2D eigenvalue weighted by Crippen LogP contribution is -2.43. The summed E-state index contributed by atoms with van der Waals surface area (Å²) in [4.78, 5) is 14.4. The molecule has 2 aliphatic carbocycles. The molecule has 1 amide bonds. The Kier molecular flexibility index (Phi) is 5.28. The van der Waals surface area contributed by atoms with Gasteiger partial charge in [0.25, 0.3) is 0 Å². The van der Waals surface area contributed by atoms with Gasteiger partial charge in [0.2, 0.25) is 5.91 Å². The van der Waals surface area contributed by atoms with Gasteiger partial charge in [-0.25, -0.2) is 0 Å². The van der Waals surface area contributed by atoms with Gasteiger partial charge >= 0.3 is 0 Å². The molecular formula is C26H32N2O2. The van der Waals surface area contributed by atoms with Crippen molar-refractivity contribution in [2.45, 2.75) is 50.5 Å². The number of hydrogen-bond donors (Lipinski definition) is 1. The van der Waals surface area contributed by atoms with Gasteiger partial charge in [-0.05, 0) is 104 Å². The van der Waals surface area contributed by atoms with Crippen LogP contribution in [0.1, 0.15) is 60.4 Å². The van der Waals surface area contributed by atoms with Crippen molar-refractivity contribution in [1.29, 1.82) is 0 Å². The molecule has 2 N–H and O–H groups in total. The van der Waals surface area contributed by atoms with E-state index in [1.807, 2.05) is 18.2 Å². The highest BCUT2D eigenvalue weighted by Gasteiger charge is 2.43. The van der Waals surface area contributed by atoms with Crippen LogP contribution >= 0.6 is 0 Å². The molecule has 0 unspecified atom stereocenters. The van der Waals surface area contributed by atoms with Crippen LogP contribution in [0.2, 0.25) is 0 Å². The number of benzene rings is 2. The van der Waals surface area contributed by atoms with E-state index in [0.29, 0.717) is 11.5 Å². The number of nitrogens with two attached hydrogens (primary N) is 1. The Morgan fingerprint density at radius 1 is 1.00 bits per heavy atom. The monoisotopic (exact) mass is 404 g/mol. The molecule has 2 aromatic carbocycles. The normalized spacial score (nSPS) is 26.8. The second-order valence-electron chi connectivity index (χ2n) is 9.45. The summed E-state index contributed by atoms with van der Waals surface area (Å²) < 4.78 is 5.73. The maximum Gasteiger partial charge on any atom is 0.248 e. The van der Waals surface area contributed by atoms with Crippen molar-refractivity contribution in [1.82, 2.24) is 4.90 Å². The van der Waals surface area contributed by atoms with Crippen LogP contribution in [0.25, 0.3) is 11.1 Å². The number of fused-ring (bicyclic) bond motifs is 2. The van der Waals surface area contributed by atoms with E-state index in [1.165, 1.54) is 57.2 Å². The van der Waals surface area contributed by atoms with Crippen LogP contribution in [0.4, 0.5) is 0 Å². The number of primary amides is 1. The summed E-state index contributed by atoms with van der Waals surface area (Å²) in [5.41, 5.74) is 9.46. The van der Waals surface area contributed by atoms with Crippen molar-refractivity contribution in [3.8, 4) is 16.9 Å². The fourth-order valence-corrected chi connectivity index (χ4v) is 6.29. The van der Waals surface area contributed by atoms with Gasteiger partial charge < -0.3 is 15.4 Å². The quantitative estimate of drug-likeness (QED) is 0.777. The Hall–Kier alpha value is -2.33. The van der Waals surface area contributed by atoms with E-state index in [1.54, 1.807) is 13.2 Å². The molecule has 3 aliphatic rings. The Labute approximate surface area is 179 Å². The van der Waals surface area contributed by atoms with Crippen molar-refractivity contribution in [2.75, 3.05) is 20.2 Å². The molecule has 2 saturated carbocycles. The standard InChI is InChI=1S/C26H32N2O2/c1-30-25-8-7-20(19-3-2-4-22(15-19)26(27)29)16-23(25)18-9-11-28(12-10-18)24-14-17-5-6-21(24)13-17/h2-4,7-8,15-18,21,24H,5-6,9-14H2,1H3,(H2,27,29)/t17-,21-,24+/m0/s1. The third kappa shape index (κ3) is 3.62. The lowest BCUT2D eigenvalue weighted by atomic mass is 9.85. The fourth-order valence-electron chi connectivity index (χ4n) is 6.29. The molecule has 1 heterocycles. The molecule has 1 aliphatic heterocycles. The summed E-state index contributed by atoms with van der Waals surface area (Å²) in [6.45, 7) is 2.40.